The number of fused-ring (bicyclic) bond motifs is 1. The van der Waals surface area contributed by atoms with Crippen LogP contribution in [0.5, 0.6) is 0 Å². The predicted molar refractivity (Wildman–Crippen MR) is 82.5 cm³/mol. The Bertz CT molecular complexity index is 621. The molecule has 2 fully saturated rings. The lowest BCUT2D eigenvalue weighted by Gasteiger charge is -2.23. The topological polar surface area (TPSA) is 57.6 Å². The average molecular weight is 373 g/mol. The molecule has 2 atom stereocenters. The van der Waals surface area contributed by atoms with Crippen molar-refractivity contribution in [3.05, 3.63) is 33.3 Å². The van der Waals surface area contributed by atoms with Gasteiger partial charge in [-0.3, -0.25) is 9.59 Å². The van der Waals surface area contributed by atoms with Gasteiger partial charge in [-0.05, 0) is 52.9 Å². The Hall–Kier alpha value is -1.07. The SMILES string of the molecule is O=C(c1ccc(Cl)c(Br)c1)N1C[C@@H]2CCC[C@@]2(C(=O)O)C1. The second-order valence-electron chi connectivity index (χ2n) is 5.87. The Kier molecular flexibility index (Phi) is 3.74. The zero-order valence-electron chi connectivity index (χ0n) is 11.3. The lowest BCUT2D eigenvalue weighted by Crippen LogP contribution is -2.37. The number of rotatable bonds is 2. The zero-order chi connectivity index (χ0) is 15.2. The number of hydrogen-bond donors (Lipinski definition) is 1. The molecule has 0 aromatic heterocycles. The van der Waals surface area contributed by atoms with Crippen LogP contribution in [0.4, 0.5) is 0 Å². The van der Waals surface area contributed by atoms with Gasteiger partial charge in [0.05, 0.1) is 10.4 Å². The van der Waals surface area contributed by atoms with Crippen molar-refractivity contribution in [1.29, 1.82) is 0 Å². The van der Waals surface area contributed by atoms with Gasteiger partial charge in [0.25, 0.3) is 5.91 Å². The summed E-state index contributed by atoms with van der Waals surface area (Å²) in [4.78, 5) is 25.9. The molecule has 4 nitrogen and oxygen atoms in total. The first kappa shape index (κ1) is 14.9. The molecule has 112 valence electrons. The number of nitrogens with zero attached hydrogens (tertiary/aromatic N) is 1. The summed E-state index contributed by atoms with van der Waals surface area (Å²) < 4.78 is 0.669. The van der Waals surface area contributed by atoms with E-state index in [0.29, 0.717) is 34.6 Å². The van der Waals surface area contributed by atoms with Gasteiger partial charge in [-0.1, -0.05) is 18.0 Å². The van der Waals surface area contributed by atoms with Crippen molar-refractivity contribution in [2.24, 2.45) is 11.3 Å². The van der Waals surface area contributed by atoms with E-state index in [-0.39, 0.29) is 11.8 Å². The molecule has 1 saturated carbocycles. The molecule has 3 rings (SSSR count). The van der Waals surface area contributed by atoms with Crippen molar-refractivity contribution < 1.29 is 14.7 Å². The first-order chi connectivity index (χ1) is 9.94. The molecule has 1 heterocycles. The highest BCUT2D eigenvalue weighted by molar-refractivity contribution is 9.10. The van der Waals surface area contributed by atoms with Crippen LogP contribution >= 0.6 is 27.5 Å². The van der Waals surface area contributed by atoms with Gasteiger partial charge in [0.15, 0.2) is 0 Å². The Morgan fingerprint density at radius 1 is 1.43 bits per heavy atom. The van der Waals surface area contributed by atoms with E-state index in [1.54, 1.807) is 23.1 Å². The van der Waals surface area contributed by atoms with Gasteiger partial charge in [-0.2, -0.15) is 0 Å². The highest BCUT2D eigenvalue weighted by atomic mass is 79.9. The quantitative estimate of drug-likeness (QED) is 0.865. The molecule has 2 aliphatic rings. The molecule has 1 aromatic rings. The Balaban J connectivity index is 1.84. The van der Waals surface area contributed by atoms with Crippen LogP contribution in [0.2, 0.25) is 5.02 Å². The van der Waals surface area contributed by atoms with E-state index in [2.05, 4.69) is 15.9 Å². The maximum atomic E-state index is 12.6. The fourth-order valence-corrected chi connectivity index (χ4v) is 4.10. The van der Waals surface area contributed by atoms with Gasteiger partial charge >= 0.3 is 5.97 Å². The number of aliphatic carboxylic acids is 1. The van der Waals surface area contributed by atoms with E-state index in [9.17, 15) is 14.7 Å². The normalized spacial score (nSPS) is 27.7. The maximum absolute atomic E-state index is 12.6. The monoisotopic (exact) mass is 371 g/mol. The molecule has 0 spiro atoms. The number of carboxylic acid groups (broad SMARTS) is 1. The van der Waals surface area contributed by atoms with Gasteiger partial charge < -0.3 is 10.0 Å². The van der Waals surface area contributed by atoms with Crippen molar-refractivity contribution in [3.63, 3.8) is 0 Å². The maximum Gasteiger partial charge on any atom is 0.311 e. The lowest BCUT2D eigenvalue weighted by atomic mass is 9.81. The van der Waals surface area contributed by atoms with E-state index in [4.69, 9.17) is 11.6 Å². The van der Waals surface area contributed by atoms with Crippen LogP contribution in [0.3, 0.4) is 0 Å². The van der Waals surface area contributed by atoms with Gasteiger partial charge in [-0.15, -0.1) is 0 Å². The highest BCUT2D eigenvalue weighted by Gasteiger charge is 2.55. The van der Waals surface area contributed by atoms with Crippen molar-refractivity contribution in [2.75, 3.05) is 13.1 Å². The summed E-state index contributed by atoms with van der Waals surface area (Å²) in [6.07, 6.45) is 2.49. The number of carboxylic acids is 1. The molecule has 0 radical (unpaired) electrons. The van der Waals surface area contributed by atoms with Gasteiger partial charge in [0.1, 0.15) is 0 Å². The van der Waals surface area contributed by atoms with Gasteiger partial charge in [0, 0.05) is 23.1 Å². The minimum atomic E-state index is -0.766. The van der Waals surface area contributed by atoms with E-state index in [1.807, 2.05) is 0 Å². The van der Waals surface area contributed by atoms with E-state index in [0.717, 1.165) is 12.8 Å². The summed E-state index contributed by atoms with van der Waals surface area (Å²) in [6, 6.07) is 5.03. The van der Waals surface area contributed by atoms with Crippen molar-refractivity contribution in [2.45, 2.75) is 19.3 Å². The molecule has 0 bridgehead atoms. The molecule has 0 unspecified atom stereocenters. The van der Waals surface area contributed by atoms with Crippen LogP contribution in [0.1, 0.15) is 29.6 Å². The van der Waals surface area contributed by atoms with Crippen LogP contribution in [-0.4, -0.2) is 35.0 Å². The number of benzene rings is 1. The fraction of sp³-hybridized carbons (Fsp3) is 0.467. The number of halogens is 2. The van der Waals surface area contributed by atoms with Crippen LogP contribution in [-0.2, 0) is 4.79 Å². The Labute approximate surface area is 136 Å². The van der Waals surface area contributed by atoms with Crippen LogP contribution in [0, 0.1) is 11.3 Å². The predicted octanol–water partition coefficient (Wildman–Crippen LogP) is 3.43. The summed E-state index contributed by atoms with van der Waals surface area (Å²) in [6.45, 7) is 0.845. The number of amides is 1. The first-order valence-corrected chi connectivity index (χ1v) is 8.09. The summed E-state index contributed by atoms with van der Waals surface area (Å²) >= 11 is 9.25. The Morgan fingerprint density at radius 3 is 2.81 bits per heavy atom. The minimum Gasteiger partial charge on any atom is -0.481 e. The number of carbonyl (C=O) groups is 2. The van der Waals surface area contributed by atoms with E-state index < -0.39 is 11.4 Å². The molecule has 1 aromatic carbocycles. The minimum absolute atomic E-state index is 0.0784. The Morgan fingerprint density at radius 2 is 2.19 bits per heavy atom. The zero-order valence-corrected chi connectivity index (χ0v) is 13.7. The molecular formula is C15H15BrClNO3. The third kappa shape index (κ3) is 2.36. The summed E-state index contributed by atoms with van der Waals surface area (Å²) in [7, 11) is 0. The average Bonchev–Trinajstić information content (AvgIpc) is 2.98. The van der Waals surface area contributed by atoms with Crippen LogP contribution in [0.25, 0.3) is 0 Å². The second-order valence-corrected chi connectivity index (χ2v) is 7.13. The van der Waals surface area contributed by atoms with Crippen molar-refractivity contribution in [3.8, 4) is 0 Å². The largest absolute Gasteiger partial charge is 0.481 e. The highest BCUT2D eigenvalue weighted by Crippen LogP contribution is 2.49. The number of likely N-dealkylation sites (tertiary alicyclic amines) is 1. The lowest BCUT2D eigenvalue weighted by molar-refractivity contribution is -0.149. The smallest absolute Gasteiger partial charge is 0.311 e. The molecular weight excluding hydrogens is 358 g/mol. The van der Waals surface area contributed by atoms with E-state index in [1.165, 1.54) is 0 Å². The molecule has 1 saturated heterocycles. The summed E-state index contributed by atoms with van der Waals surface area (Å²) in [5.41, 5.74) is -0.203. The third-order valence-corrected chi connectivity index (χ3v) is 5.96. The molecule has 6 heteroatoms. The molecule has 1 aliphatic carbocycles. The van der Waals surface area contributed by atoms with Crippen LogP contribution < -0.4 is 0 Å². The van der Waals surface area contributed by atoms with Gasteiger partial charge in [0.2, 0.25) is 0 Å². The fourth-order valence-electron chi connectivity index (χ4n) is 3.61. The van der Waals surface area contributed by atoms with E-state index >= 15 is 0 Å². The molecule has 1 amide bonds. The van der Waals surface area contributed by atoms with Crippen molar-refractivity contribution >= 4 is 39.4 Å². The van der Waals surface area contributed by atoms with Crippen molar-refractivity contribution in [1.82, 2.24) is 4.90 Å². The number of hydrogen-bond acceptors (Lipinski definition) is 2. The molecule has 1 aliphatic heterocycles. The second kappa shape index (κ2) is 5.29. The number of carbonyl (C=O) groups excluding carboxylic acids is 1. The molecule has 1 N–H and O–H groups in total. The molecule has 21 heavy (non-hydrogen) atoms. The third-order valence-electron chi connectivity index (χ3n) is 4.75. The summed E-state index contributed by atoms with van der Waals surface area (Å²) in [5, 5.41) is 10.1. The van der Waals surface area contributed by atoms with Crippen LogP contribution in [0.15, 0.2) is 22.7 Å². The first-order valence-electron chi connectivity index (χ1n) is 6.92. The standard InChI is InChI=1S/C15H15BrClNO3/c16-11-6-9(3-4-12(11)17)13(19)18-7-10-2-1-5-15(10,8-18)14(20)21/h3-4,6,10H,1-2,5,7-8H2,(H,20,21)/t10-,15+/m0/s1. The summed E-state index contributed by atoms with van der Waals surface area (Å²) in [5.74, 6) is -0.810. The van der Waals surface area contributed by atoms with Gasteiger partial charge in [-0.25, -0.2) is 0 Å².